The number of nitriles is 1. The number of nitrogens with zero attached hydrogens (tertiary/aromatic N) is 1. The summed E-state index contributed by atoms with van der Waals surface area (Å²) in [5, 5.41) is 17.8. The molecule has 0 radical (unpaired) electrons. The predicted molar refractivity (Wildman–Crippen MR) is 57.2 cm³/mol. The third-order valence-corrected chi connectivity index (χ3v) is 1.85. The lowest BCUT2D eigenvalue weighted by Gasteiger charge is -2.05. The van der Waals surface area contributed by atoms with Gasteiger partial charge in [-0.3, -0.25) is 4.79 Å². The SMILES string of the molecule is COc1cc(C#CCC#N)cc(C=O)c1O. The lowest BCUT2D eigenvalue weighted by atomic mass is 10.1. The molecule has 0 unspecified atom stereocenters. The van der Waals surface area contributed by atoms with E-state index in [0.717, 1.165) is 0 Å². The first kappa shape index (κ1) is 11.6. The standard InChI is InChI=1S/C12H9NO3/c1-16-11-7-9(4-2-3-5-13)6-10(8-14)12(11)15/h6-8,15H,3H2,1H3. The van der Waals surface area contributed by atoms with E-state index in [0.29, 0.717) is 11.8 Å². The third kappa shape index (κ3) is 2.52. The number of rotatable bonds is 2. The molecule has 0 saturated heterocycles. The number of aromatic hydroxyl groups is 1. The summed E-state index contributed by atoms with van der Waals surface area (Å²) in [6, 6.07) is 4.83. The zero-order valence-electron chi connectivity index (χ0n) is 8.65. The van der Waals surface area contributed by atoms with E-state index < -0.39 is 0 Å². The maximum Gasteiger partial charge on any atom is 0.168 e. The molecule has 0 spiro atoms. The van der Waals surface area contributed by atoms with Crippen LogP contribution in [-0.4, -0.2) is 18.5 Å². The molecule has 0 heterocycles. The molecule has 1 rings (SSSR count). The molecule has 16 heavy (non-hydrogen) atoms. The van der Waals surface area contributed by atoms with Crippen molar-refractivity contribution in [1.82, 2.24) is 0 Å². The predicted octanol–water partition coefficient (Wildman–Crippen LogP) is 1.48. The summed E-state index contributed by atoms with van der Waals surface area (Å²) in [6.07, 6.45) is 0.632. The summed E-state index contributed by atoms with van der Waals surface area (Å²) >= 11 is 0. The molecule has 0 saturated carbocycles. The van der Waals surface area contributed by atoms with Gasteiger partial charge in [-0.2, -0.15) is 5.26 Å². The molecule has 0 aliphatic rings. The average Bonchev–Trinajstić information content (AvgIpc) is 2.31. The fraction of sp³-hybridized carbons (Fsp3) is 0.167. The number of hydrogen-bond acceptors (Lipinski definition) is 4. The molecule has 0 fully saturated rings. The first-order valence-electron chi connectivity index (χ1n) is 4.45. The maximum atomic E-state index is 10.7. The number of phenolic OH excluding ortho intramolecular Hbond substituents is 1. The summed E-state index contributed by atoms with van der Waals surface area (Å²) in [5.41, 5.74) is 0.632. The number of aldehydes is 1. The van der Waals surface area contributed by atoms with Crippen LogP contribution in [0.2, 0.25) is 0 Å². The number of carbonyl (C=O) groups excluding carboxylic acids is 1. The quantitative estimate of drug-likeness (QED) is 0.599. The van der Waals surface area contributed by atoms with Crippen LogP contribution in [0.1, 0.15) is 22.3 Å². The van der Waals surface area contributed by atoms with E-state index in [2.05, 4.69) is 11.8 Å². The molecule has 4 heteroatoms. The van der Waals surface area contributed by atoms with Crippen molar-refractivity contribution >= 4 is 6.29 Å². The molecular weight excluding hydrogens is 206 g/mol. The molecule has 0 aliphatic carbocycles. The monoisotopic (exact) mass is 215 g/mol. The molecule has 1 aromatic rings. The Morgan fingerprint density at radius 3 is 2.88 bits per heavy atom. The first-order valence-corrected chi connectivity index (χ1v) is 4.45. The lowest BCUT2D eigenvalue weighted by Crippen LogP contribution is -1.90. The smallest absolute Gasteiger partial charge is 0.168 e. The van der Waals surface area contributed by atoms with Crippen molar-refractivity contribution in [3.63, 3.8) is 0 Å². The van der Waals surface area contributed by atoms with E-state index in [1.807, 2.05) is 6.07 Å². The molecule has 0 amide bonds. The third-order valence-electron chi connectivity index (χ3n) is 1.85. The van der Waals surface area contributed by atoms with E-state index in [1.54, 1.807) is 0 Å². The Hall–Kier alpha value is -2.46. The summed E-state index contributed by atoms with van der Waals surface area (Å²) in [6.45, 7) is 0. The minimum atomic E-state index is -0.205. The van der Waals surface area contributed by atoms with Gasteiger partial charge in [0.25, 0.3) is 0 Å². The highest BCUT2D eigenvalue weighted by Gasteiger charge is 2.08. The zero-order chi connectivity index (χ0) is 12.0. The van der Waals surface area contributed by atoms with Gasteiger partial charge in [0.05, 0.1) is 25.2 Å². The van der Waals surface area contributed by atoms with Gasteiger partial charge >= 0.3 is 0 Å². The summed E-state index contributed by atoms with van der Waals surface area (Å²) in [7, 11) is 1.39. The summed E-state index contributed by atoms with van der Waals surface area (Å²) in [5.74, 6) is 5.29. The average molecular weight is 215 g/mol. The molecule has 1 N–H and O–H groups in total. The van der Waals surface area contributed by atoms with Crippen LogP contribution in [0.5, 0.6) is 11.5 Å². The Labute approximate surface area is 93.1 Å². The van der Waals surface area contributed by atoms with Gasteiger partial charge in [0, 0.05) is 5.56 Å². The highest BCUT2D eigenvalue weighted by Crippen LogP contribution is 2.29. The van der Waals surface area contributed by atoms with E-state index in [1.165, 1.54) is 19.2 Å². The van der Waals surface area contributed by atoms with Crippen molar-refractivity contribution in [2.75, 3.05) is 7.11 Å². The van der Waals surface area contributed by atoms with Crippen molar-refractivity contribution in [2.24, 2.45) is 0 Å². The van der Waals surface area contributed by atoms with Gasteiger partial charge < -0.3 is 9.84 Å². The second-order valence-electron chi connectivity index (χ2n) is 2.87. The Balaban J connectivity index is 3.19. The van der Waals surface area contributed by atoms with Crippen molar-refractivity contribution in [1.29, 1.82) is 5.26 Å². The van der Waals surface area contributed by atoms with E-state index >= 15 is 0 Å². The van der Waals surface area contributed by atoms with Gasteiger partial charge in [0.1, 0.15) is 0 Å². The minimum Gasteiger partial charge on any atom is -0.504 e. The van der Waals surface area contributed by atoms with Gasteiger partial charge in [0.15, 0.2) is 17.8 Å². The van der Waals surface area contributed by atoms with Crippen LogP contribution in [-0.2, 0) is 0 Å². The number of phenols is 1. The van der Waals surface area contributed by atoms with Crippen molar-refractivity contribution in [2.45, 2.75) is 6.42 Å². The van der Waals surface area contributed by atoms with Crippen LogP contribution < -0.4 is 4.74 Å². The zero-order valence-corrected chi connectivity index (χ0v) is 8.65. The molecule has 1 aromatic carbocycles. The summed E-state index contributed by atoms with van der Waals surface area (Å²) < 4.78 is 4.89. The van der Waals surface area contributed by atoms with Crippen molar-refractivity contribution in [3.8, 4) is 29.4 Å². The molecule has 0 bridgehead atoms. The Bertz CT molecular complexity index is 503. The lowest BCUT2D eigenvalue weighted by molar-refractivity contribution is 0.112. The van der Waals surface area contributed by atoms with Crippen LogP contribution in [0.4, 0.5) is 0 Å². The van der Waals surface area contributed by atoms with Gasteiger partial charge in [-0.25, -0.2) is 0 Å². The largest absolute Gasteiger partial charge is 0.504 e. The van der Waals surface area contributed by atoms with Crippen LogP contribution in [0.15, 0.2) is 12.1 Å². The number of benzene rings is 1. The van der Waals surface area contributed by atoms with Crippen molar-refractivity contribution < 1.29 is 14.6 Å². The van der Waals surface area contributed by atoms with Gasteiger partial charge in [-0.1, -0.05) is 11.8 Å². The van der Waals surface area contributed by atoms with E-state index in [9.17, 15) is 9.90 Å². The van der Waals surface area contributed by atoms with Gasteiger partial charge in [-0.15, -0.1) is 0 Å². The second kappa shape index (κ2) is 5.43. The van der Waals surface area contributed by atoms with Crippen LogP contribution in [0.3, 0.4) is 0 Å². The highest BCUT2D eigenvalue weighted by molar-refractivity contribution is 5.82. The number of carbonyl (C=O) groups is 1. The molecule has 0 aliphatic heterocycles. The summed E-state index contributed by atoms with van der Waals surface area (Å²) in [4.78, 5) is 10.7. The molecular formula is C12H9NO3. The van der Waals surface area contributed by atoms with E-state index in [-0.39, 0.29) is 23.5 Å². The van der Waals surface area contributed by atoms with Gasteiger partial charge in [-0.05, 0) is 12.1 Å². The Morgan fingerprint density at radius 2 is 2.31 bits per heavy atom. The molecule has 4 nitrogen and oxygen atoms in total. The van der Waals surface area contributed by atoms with Crippen LogP contribution in [0, 0.1) is 23.2 Å². The fourth-order valence-corrected chi connectivity index (χ4v) is 1.13. The van der Waals surface area contributed by atoms with Crippen LogP contribution >= 0.6 is 0 Å². The van der Waals surface area contributed by atoms with Gasteiger partial charge in [0.2, 0.25) is 0 Å². The molecule has 0 atom stereocenters. The Kier molecular flexibility index (Phi) is 3.94. The topological polar surface area (TPSA) is 70.3 Å². The first-order chi connectivity index (χ1) is 7.72. The Morgan fingerprint density at radius 1 is 1.56 bits per heavy atom. The second-order valence-corrected chi connectivity index (χ2v) is 2.87. The van der Waals surface area contributed by atoms with Crippen molar-refractivity contribution in [3.05, 3.63) is 23.3 Å². The molecule has 0 aromatic heterocycles. The minimum absolute atomic E-state index is 0.111. The normalized spacial score (nSPS) is 8.50. The number of hydrogen-bond donors (Lipinski definition) is 1. The fourth-order valence-electron chi connectivity index (χ4n) is 1.13. The molecule has 80 valence electrons. The van der Waals surface area contributed by atoms with Crippen LogP contribution in [0.25, 0.3) is 0 Å². The number of methoxy groups -OCH3 is 1. The maximum absolute atomic E-state index is 10.7. The van der Waals surface area contributed by atoms with E-state index in [4.69, 9.17) is 10.00 Å². The highest BCUT2D eigenvalue weighted by atomic mass is 16.5. The number of ether oxygens (including phenoxy) is 1.